The van der Waals surface area contributed by atoms with Gasteiger partial charge in [-0.2, -0.15) is 0 Å². The molecule has 3 rings (SSSR count). The van der Waals surface area contributed by atoms with E-state index < -0.39 is 5.41 Å². The van der Waals surface area contributed by atoms with E-state index in [1.165, 1.54) is 6.42 Å². The second kappa shape index (κ2) is 7.14. The first-order valence-corrected chi connectivity index (χ1v) is 9.28. The second-order valence-electron chi connectivity index (χ2n) is 6.95. The van der Waals surface area contributed by atoms with Crippen molar-refractivity contribution < 1.29 is 9.59 Å². The molecule has 1 aliphatic heterocycles. The summed E-state index contributed by atoms with van der Waals surface area (Å²) in [6.45, 7) is 3.35. The normalized spacial score (nSPS) is 22.1. The fourth-order valence-electron chi connectivity index (χ4n) is 3.58. The van der Waals surface area contributed by atoms with Gasteiger partial charge in [0.05, 0.1) is 0 Å². The van der Waals surface area contributed by atoms with Gasteiger partial charge in [-0.25, -0.2) is 0 Å². The Morgan fingerprint density at radius 3 is 2.58 bits per heavy atom. The lowest BCUT2D eigenvalue weighted by atomic mass is 9.95. The maximum atomic E-state index is 13.0. The first kappa shape index (κ1) is 17.3. The lowest BCUT2D eigenvalue weighted by molar-refractivity contribution is -0.147. The average molecular weight is 349 g/mol. The average Bonchev–Trinajstić information content (AvgIpc) is 3.42. The van der Waals surface area contributed by atoms with Gasteiger partial charge in [0.1, 0.15) is 5.41 Å². The molecule has 1 saturated heterocycles. The van der Waals surface area contributed by atoms with Gasteiger partial charge in [0.15, 0.2) is 0 Å². The molecule has 1 saturated carbocycles. The van der Waals surface area contributed by atoms with Crippen LogP contribution >= 0.6 is 11.6 Å². The van der Waals surface area contributed by atoms with Crippen LogP contribution in [0.15, 0.2) is 24.3 Å². The summed E-state index contributed by atoms with van der Waals surface area (Å²) in [5, 5.41) is 3.62. The number of piperidine rings is 1. The number of hydrogen-bond acceptors (Lipinski definition) is 2. The third-order valence-corrected chi connectivity index (χ3v) is 5.57. The number of rotatable bonds is 5. The smallest absolute Gasteiger partial charge is 0.238 e. The highest BCUT2D eigenvalue weighted by molar-refractivity contribution is 6.30. The van der Waals surface area contributed by atoms with E-state index in [4.69, 9.17) is 11.6 Å². The van der Waals surface area contributed by atoms with Crippen molar-refractivity contribution in [3.8, 4) is 0 Å². The molecule has 1 atom stereocenters. The quantitative estimate of drug-likeness (QED) is 0.827. The van der Waals surface area contributed by atoms with Crippen LogP contribution in [0, 0.1) is 5.41 Å². The lowest BCUT2D eigenvalue weighted by Gasteiger charge is -2.37. The molecule has 5 heteroatoms. The maximum Gasteiger partial charge on any atom is 0.238 e. The van der Waals surface area contributed by atoms with Gasteiger partial charge in [0.2, 0.25) is 11.8 Å². The first-order valence-electron chi connectivity index (χ1n) is 8.90. The molecule has 1 unspecified atom stereocenters. The molecule has 24 heavy (non-hydrogen) atoms. The van der Waals surface area contributed by atoms with E-state index in [9.17, 15) is 9.59 Å². The Balaban J connectivity index is 1.63. The SMILES string of the molecule is CCC1CCCCN1C(=O)C1(C(=O)NCc2ccc(Cl)cc2)CC1. The van der Waals surface area contributed by atoms with Crippen molar-refractivity contribution in [3.63, 3.8) is 0 Å². The van der Waals surface area contributed by atoms with E-state index >= 15 is 0 Å². The highest BCUT2D eigenvalue weighted by atomic mass is 35.5. The third-order valence-electron chi connectivity index (χ3n) is 5.32. The molecule has 0 aromatic heterocycles. The Morgan fingerprint density at radius 1 is 1.25 bits per heavy atom. The summed E-state index contributed by atoms with van der Waals surface area (Å²) < 4.78 is 0. The van der Waals surface area contributed by atoms with Crippen LogP contribution in [0.2, 0.25) is 5.02 Å². The van der Waals surface area contributed by atoms with E-state index in [0.29, 0.717) is 30.5 Å². The Kier molecular flexibility index (Phi) is 5.14. The van der Waals surface area contributed by atoms with Crippen LogP contribution in [0.4, 0.5) is 0 Å². The van der Waals surface area contributed by atoms with Crippen LogP contribution in [-0.2, 0) is 16.1 Å². The molecule has 130 valence electrons. The minimum absolute atomic E-state index is 0.0441. The number of benzene rings is 1. The van der Waals surface area contributed by atoms with Crippen LogP contribution in [0.3, 0.4) is 0 Å². The van der Waals surface area contributed by atoms with E-state index in [1.807, 2.05) is 17.0 Å². The monoisotopic (exact) mass is 348 g/mol. The number of nitrogens with zero attached hydrogens (tertiary/aromatic N) is 1. The molecule has 0 spiro atoms. The fourth-order valence-corrected chi connectivity index (χ4v) is 3.71. The van der Waals surface area contributed by atoms with E-state index in [2.05, 4.69) is 12.2 Å². The highest BCUT2D eigenvalue weighted by Gasteiger charge is 2.58. The van der Waals surface area contributed by atoms with Gasteiger partial charge in [-0.1, -0.05) is 30.7 Å². The zero-order valence-electron chi connectivity index (χ0n) is 14.2. The van der Waals surface area contributed by atoms with Gasteiger partial charge in [-0.05, 0) is 56.2 Å². The molecule has 1 aromatic carbocycles. The molecule has 1 aromatic rings. The largest absolute Gasteiger partial charge is 0.351 e. The van der Waals surface area contributed by atoms with Crippen LogP contribution in [-0.4, -0.2) is 29.3 Å². The second-order valence-corrected chi connectivity index (χ2v) is 7.38. The predicted octanol–water partition coefficient (Wildman–Crippen LogP) is 3.53. The molecule has 2 aliphatic rings. The molecule has 0 radical (unpaired) electrons. The fraction of sp³-hybridized carbons (Fsp3) is 0.579. The molecule has 1 heterocycles. The van der Waals surface area contributed by atoms with Crippen LogP contribution in [0.1, 0.15) is 51.0 Å². The molecular formula is C19H25ClN2O2. The van der Waals surface area contributed by atoms with Crippen molar-refractivity contribution in [3.05, 3.63) is 34.9 Å². The lowest BCUT2D eigenvalue weighted by Crippen LogP contribution is -2.50. The van der Waals surface area contributed by atoms with Gasteiger partial charge in [0, 0.05) is 24.2 Å². The van der Waals surface area contributed by atoms with Gasteiger partial charge < -0.3 is 10.2 Å². The number of carbonyl (C=O) groups is 2. The van der Waals surface area contributed by atoms with Gasteiger partial charge in [-0.15, -0.1) is 0 Å². The summed E-state index contributed by atoms with van der Waals surface area (Å²) in [6, 6.07) is 7.69. The molecule has 0 bridgehead atoms. The summed E-state index contributed by atoms with van der Waals surface area (Å²) in [5.41, 5.74) is 0.178. The first-order chi connectivity index (χ1) is 11.6. The standard InChI is InChI=1S/C19H25ClN2O2/c1-2-16-5-3-4-12-22(16)18(24)19(10-11-19)17(23)21-13-14-6-8-15(20)9-7-14/h6-9,16H,2-5,10-13H2,1H3,(H,21,23). The van der Waals surface area contributed by atoms with Gasteiger partial charge >= 0.3 is 0 Å². The molecule has 1 aliphatic carbocycles. The van der Waals surface area contributed by atoms with Crippen molar-refractivity contribution in [2.45, 2.75) is 58.0 Å². The topological polar surface area (TPSA) is 49.4 Å². The number of likely N-dealkylation sites (tertiary alicyclic amines) is 1. The van der Waals surface area contributed by atoms with Crippen LogP contribution in [0.5, 0.6) is 0 Å². The Morgan fingerprint density at radius 2 is 1.96 bits per heavy atom. The Hall–Kier alpha value is -1.55. The van der Waals surface area contributed by atoms with Crippen molar-refractivity contribution in [1.82, 2.24) is 10.2 Å². The van der Waals surface area contributed by atoms with Crippen molar-refractivity contribution >= 4 is 23.4 Å². The Labute approximate surface area is 148 Å². The predicted molar refractivity (Wildman–Crippen MR) is 94.6 cm³/mol. The molecular weight excluding hydrogens is 324 g/mol. The van der Waals surface area contributed by atoms with Crippen molar-refractivity contribution in [2.75, 3.05) is 6.54 Å². The van der Waals surface area contributed by atoms with Gasteiger partial charge in [-0.3, -0.25) is 9.59 Å². The summed E-state index contributed by atoms with van der Waals surface area (Å²) in [4.78, 5) is 27.6. The molecule has 4 nitrogen and oxygen atoms in total. The molecule has 2 fully saturated rings. The molecule has 2 amide bonds. The number of nitrogens with one attached hydrogen (secondary N) is 1. The van der Waals surface area contributed by atoms with Crippen molar-refractivity contribution in [1.29, 1.82) is 0 Å². The third kappa shape index (κ3) is 3.44. The van der Waals surface area contributed by atoms with Crippen molar-refractivity contribution in [2.24, 2.45) is 5.41 Å². The maximum absolute atomic E-state index is 13.0. The van der Waals surface area contributed by atoms with Crippen LogP contribution < -0.4 is 5.32 Å². The van der Waals surface area contributed by atoms with Crippen LogP contribution in [0.25, 0.3) is 0 Å². The summed E-state index contributed by atoms with van der Waals surface area (Å²) >= 11 is 5.87. The number of carbonyl (C=O) groups excluding carboxylic acids is 2. The zero-order valence-corrected chi connectivity index (χ0v) is 14.9. The molecule has 1 N–H and O–H groups in total. The van der Waals surface area contributed by atoms with E-state index in [0.717, 1.165) is 31.4 Å². The Bertz CT molecular complexity index is 610. The summed E-state index contributed by atoms with van der Waals surface area (Å²) in [7, 11) is 0. The highest BCUT2D eigenvalue weighted by Crippen LogP contribution is 2.48. The number of hydrogen-bond donors (Lipinski definition) is 1. The van der Waals surface area contributed by atoms with E-state index in [-0.39, 0.29) is 11.8 Å². The van der Waals surface area contributed by atoms with E-state index in [1.54, 1.807) is 12.1 Å². The number of amides is 2. The number of halogens is 1. The minimum Gasteiger partial charge on any atom is -0.351 e. The summed E-state index contributed by atoms with van der Waals surface area (Å²) in [6.07, 6.45) is 5.60. The minimum atomic E-state index is -0.808. The zero-order chi connectivity index (χ0) is 17.2. The summed E-state index contributed by atoms with van der Waals surface area (Å²) in [5.74, 6) is -0.0782. The van der Waals surface area contributed by atoms with Gasteiger partial charge in [0.25, 0.3) is 0 Å².